The maximum absolute atomic E-state index is 4.64. The van der Waals surface area contributed by atoms with E-state index in [2.05, 4.69) is 70.0 Å². The first-order valence-corrected chi connectivity index (χ1v) is 9.00. The number of hydrazone groups is 1. The van der Waals surface area contributed by atoms with Crippen molar-refractivity contribution in [2.75, 3.05) is 24.4 Å². The first-order valence-electron chi connectivity index (χ1n) is 8.12. The predicted molar refractivity (Wildman–Crippen MR) is 109 cm³/mol. The zero-order valence-electron chi connectivity index (χ0n) is 14.9. The number of nitrogens with one attached hydrogen (secondary N) is 1. The van der Waals surface area contributed by atoms with E-state index in [-0.39, 0.29) is 0 Å². The van der Waals surface area contributed by atoms with Crippen molar-refractivity contribution in [2.24, 2.45) is 5.10 Å². The summed E-state index contributed by atoms with van der Waals surface area (Å²) in [5.74, 6) is 0. The Morgan fingerprint density at radius 3 is 2.56 bits per heavy atom. The Balaban J connectivity index is 1.68. The molecule has 0 bridgehead atoms. The molecule has 2 aromatic carbocycles. The van der Waals surface area contributed by atoms with Crippen molar-refractivity contribution in [1.29, 1.82) is 0 Å². The number of aryl methyl sites for hydroxylation is 2. The standard InChI is InChI=1S/C20H22N4S/c1-14-5-6-15(2)18(11-14)19-13-25-20(22-19)23-21-12-16-7-9-17(10-8-16)24(3)4/h5-13H,1-4H3,(H,22,23). The molecule has 1 aromatic heterocycles. The summed E-state index contributed by atoms with van der Waals surface area (Å²) in [5, 5.41) is 7.14. The monoisotopic (exact) mass is 350 g/mol. The molecule has 1 N–H and O–H groups in total. The summed E-state index contributed by atoms with van der Waals surface area (Å²) < 4.78 is 0. The Hall–Kier alpha value is -2.66. The van der Waals surface area contributed by atoms with Crippen molar-refractivity contribution in [3.8, 4) is 11.3 Å². The fraction of sp³-hybridized carbons (Fsp3) is 0.200. The average molecular weight is 350 g/mol. The number of benzene rings is 2. The zero-order valence-corrected chi connectivity index (χ0v) is 15.8. The maximum Gasteiger partial charge on any atom is 0.203 e. The van der Waals surface area contributed by atoms with Crippen LogP contribution in [-0.4, -0.2) is 25.3 Å². The molecule has 0 amide bonds. The second-order valence-corrected chi connectivity index (χ2v) is 7.07. The molecule has 0 radical (unpaired) electrons. The van der Waals surface area contributed by atoms with Crippen molar-refractivity contribution in [3.63, 3.8) is 0 Å². The van der Waals surface area contributed by atoms with E-state index in [1.54, 1.807) is 17.6 Å². The summed E-state index contributed by atoms with van der Waals surface area (Å²) in [7, 11) is 4.06. The fourth-order valence-corrected chi connectivity index (χ4v) is 3.14. The Bertz CT molecular complexity index is 879. The molecule has 0 fully saturated rings. The third-order valence-corrected chi connectivity index (χ3v) is 4.70. The van der Waals surface area contributed by atoms with Crippen LogP contribution >= 0.6 is 11.3 Å². The normalized spacial score (nSPS) is 11.0. The van der Waals surface area contributed by atoms with Crippen molar-refractivity contribution in [1.82, 2.24) is 4.98 Å². The van der Waals surface area contributed by atoms with Gasteiger partial charge in [0, 0.05) is 30.7 Å². The lowest BCUT2D eigenvalue weighted by Crippen LogP contribution is -2.08. The van der Waals surface area contributed by atoms with Gasteiger partial charge >= 0.3 is 0 Å². The van der Waals surface area contributed by atoms with E-state index in [1.807, 2.05) is 26.2 Å². The van der Waals surface area contributed by atoms with Gasteiger partial charge in [-0.25, -0.2) is 4.98 Å². The van der Waals surface area contributed by atoms with Crippen LogP contribution in [0.25, 0.3) is 11.3 Å². The SMILES string of the molecule is Cc1ccc(C)c(-c2csc(NN=Cc3ccc(N(C)C)cc3)n2)c1. The van der Waals surface area contributed by atoms with Crippen LogP contribution in [-0.2, 0) is 0 Å². The van der Waals surface area contributed by atoms with Crippen LogP contribution in [0.3, 0.4) is 0 Å². The van der Waals surface area contributed by atoms with E-state index in [9.17, 15) is 0 Å². The molecule has 0 unspecified atom stereocenters. The van der Waals surface area contributed by atoms with Crippen molar-refractivity contribution in [2.45, 2.75) is 13.8 Å². The molecule has 0 saturated heterocycles. The number of hydrogen-bond acceptors (Lipinski definition) is 5. The Morgan fingerprint density at radius 1 is 1.08 bits per heavy atom. The number of rotatable bonds is 5. The topological polar surface area (TPSA) is 40.5 Å². The van der Waals surface area contributed by atoms with Gasteiger partial charge in [-0.15, -0.1) is 11.3 Å². The van der Waals surface area contributed by atoms with E-state index in [0.29, 0.717) is 0 Å². The lowest BCUT2D eigenvalue weighted by atomic mass is 10.0. The smallest absolute Gasteiger partial charge is 0.203 e. The third kappa shape index (κ3) is 4.25. The number of anilines is 2. The molecule has 0 aliphatic rings. The highest BCUT2D eigenvalue weighted by Gasteiger charge is 2.07. The van der Waals surface area contributed by atoms with Crippen LogP contribution < -0.4 is 10.3 Å². The molecule has 0 saturated carbocycles. The van der Waals surface area contributed by atoms with Gasteiger partial charge in [-0.1, -0.05) is 29.8 Å². The molecule has 3 rings (SSSR count). The number of hydrogen-bond donors (Lipinski definition) is 1. The van der Waals surface area contributed by atoms with Crippen LogP contribution in [0.2, 0.25) is 0 Å². The summed E-state index contributed by atoms with van der Waals surface area (Å²) in [5.41, 5.74) is 9.86. The van der Waals surface area contributed by atoms with Gasteiger partial charge in [0.05, 0.1) is 11.9 Å². The van der Waals surface area contributed by atoms with Crippen molar-refractivity contribution < 1.29 is 0 Å². The van der Waals surface area contributed by atoms with Crippen LogP contribution in [0, 0.1) is 13.8 Å². The minimum absolute atomic E-state index is 0.789. The van der Waals surface area contributed by atoms with E-state index in [4.69, 9.17) is 0 Å². The molecule has 25 heavy (non-hydrogen) atoms. The van der Waals surface area contributed by atoms with Gasteiger partial charge in [-0.05, 0) is 43.2 Å². The van der Waals surface area contributed by atoms with E-state index >= 15 is 0 Å². The Labute approximate surface area is 152 Å². The summed E-state index contributed by atoms with van der Waals surface area (Å²) >= 11 is 1.56. The third-order valence-electron chi connectivity index (χ3n) is 3.96. The number of nitrogens with zero attached hydrogens (tertiary/aromatic N) is 3. The summed E-state index contributed by atoms with van der Waals surface area (Å²) in [6, 6.07) is 14.7. The van der Waals surface area contributed by atoms with E-state index in [0.717, 1.165) is 16.4 Å². The van der Waals surface area contributed by atoms with E-state index in [1.165, 1.54) is 22.4 Å². The Kier molecular flexibility index (Phi) is 5.14. The van der Waals surface area contributed by atoms with Gasteiger partial charge in [0.2, 0.25) is 5.13 Å². The van der Waals surface area contributed by atoms with Crippen molar-refractivity contribution in [3.05, 3.63) is 64.5 Å². The molecule has 4 nitrogen and oxygen atoms in total. The molecule has 0 atom stereocenters. The fourth-order valence-electron chi connectivity index (χ4n) is 2.48. The summed E-state index contributed by atoms with van der Waals surface area (Å²) in [6.07, 6.45) is 1.80. The van der Waals surface area contributed by atoms with E-state index < -0.39 is 0 Å². The molecular formula is C20H22N4S. The highest BCUT2D eigenvalue weighted by molar-refractivity contribution is 7.14. The minimum Gasteiger partial charge on any atom is -0.378 e. The molecular weight excluding hydrogens is 328 g/mol. The lowest BCUT2D eigenvalue weighted by molar-refractivity contribution is 1.13. The average Bonchev–Trinajstić information content (AvgIpc) is 3.06. The summed E-state index contributed by atoms with van der Waals surface area (Å²) in [4.78, 5) is 6.71. The zero-order chi connectivity index (χ0) is 17.8. The van der Waals surface area contributed by atoms with Crippen LogP contribution in [0.15, 0.2) is 52.9 Å². The highest BCUT2D eigenvalue weighted by atomic mass is 32.1. The second-order valence-electron chi connectivity index (χ2n) is 6.21. The highest BCUT2D eigenvalue weighted by Crippen LogP contribution is 2.28. The largest absolute Gasteiger partial charge is 0.378 e. The molecule has 128 valence electrons. The molecule has 0 aliphatic carbocycles. The quantitative estimate of drug-likeness (QED) is 0.523. The number of aromatic nitrogens is 1. The van der Waals surface area contributed by atoms with Gasteiger partial charge in [0.25, 0.3) is 0 Å². The summed E-state index contributed by atoms with van der Waals surface area (Å²) in [6.45, 7) is 4.21. The first-order chi connectivity index (χ1) is 12.0. The molecule has 3 aromatic rings. The first kappa shape index (κ1) is 17.2. The van der Waals surface area contributed by atoms with Gasteiger partial charge in [-0.2, -0.15) is 5.10 Å². The molecule has 5 heteroatoms. The van der Waals surface area contributed by atoms with Gasteiger partial charge in [0.1, 0.15) is 0 Å². The molecule has 0 spiro atoms. The lowest BCUT2D eigenvalue weighted by Gasteiger charge is -2.11. The maximum atomic E-state index is 4.64. The Morgan fingerprint density at radius 2 is 1.84 bits per heavy atom. The van der Waals surface area contributed by atoms with Crippen LogP contribution in [0.4, 0.5) is 10.8 Å². The predicted octanol–water partition coefficient (Wildman–Crippen LogP) is 4.94. The van der Waals surface area contributed by atoms with Gasteiger partial charge in [-0.3, -0.25) is 5.43 Å². The van der Waals surface area contributed by atoms with Gasteiger partial charge < -0.3 is 4.90 Å². The van der Waals surface area contributed by atoms with Crippen molar-refractivity contribution >= 4 is 28.4 Å². The van der Waals surface area contributed by atoms with Crippen LogP contribution in [0.1, 0.15) is 16.7 Å². The molecule has 0 aliphatic heterocycles. The second kappa shape index (κ2) is 7.49. The number of thiazole rings is 1. The van der Waals surface area contributed by atoms with Crippen LogP contribution in [0.5, 0.6) is 0 Å². The molecule has 1 heterocycles. The van der Waals surface area contributed by atoms with Gasteiger partial charge in [0.15, 0.2) is 0 Å². The minimum atomic E-state index is 0.789.